The molecule has 0 saturated heterocycles. The van der Waals surface area contributed by atoms with Gasteiger partial charge in [0.05, 0.1) is 19.8 Å². The first-order valence-electron chi connectivity index (χ1n) is 7.62. The number of carbonyl (C=O) groups is 1. The summed E-state index contributed by atoms with van der Waals surface area (Å²) < 4.78 is 10.8. The standard InChI is InChI=1S/C19H19NO3/c1-3-20(15-7-5-4-6-8-15)19(21)11-14-13-23-18-12-16(22-2)9-10-17(14)18/h4-10,12-13H,3,11H2,1-2H3. The van der Waals surface area contributed by atoms with E-state index in [-0.39, 0.29) is 5.91 Å². The fourth-order valence-electron chi connectivity index (χ4n) is 2.70. The number of para-hydroxylation sites is 1. The molecule has 0 bridgehead atoms. The molecule has 2 aromatic carbocycles. The molecule has 4 nitrogen and oxygen atoms in total. The van der Waals surface area contributed by atoms with Gasteiger partial charge in [-0.25, -0.2) is 0 Å². The van der Waals surface area contributed by atoms with Crippen LogP contribution in [-0.4, -0.2) is 19.6 Å². The van der Waals surface area contributed by atoms with Crippen LogP contribution in [0.4, 0.5) is 5.69 Å². The highest BCUT2D eigenvalue weighted by Gasteiger charge is 2.17. The SMILES string of the molecule is CCN(C(=O)Cc1coc2cc(OC)ccc12)c1ccccc1. The molecular formula is C19H19NO3. The number of likely N-dealkylation sites (N-methyl/N-ethyl adjacent to an activating group) is 1. The maximum atomic E-state index is 12.7. The highest BCUT2D eigenvalue weighted by molar-refractivity contribution is 5.97. The fraction of sp³-hybridized carbons (Fsp3) is 0.211. The van der Waals surface area contributed by atoms with E-state index in [0.717, 1.165) is 28.0 Å². The monoisotopic (exact) mass is 309 g/mol. The maximum Gasteiger partial charge on any atom is 0.231 e. The van der Waals surface area contributed by atoms with Crippen molar-refractivity contribution < 1.29 is 13.9 Å². The van der Waals surface area contributed by atoms with Crippen LogP contribution in [0.2, 0.25) is 0 Å². The Morgan fingerprint density at radius 3 is 2.65 bits per heavy atom. The Morgan fingerprint density at radius 1 is 1.17 bits per heavy atom. The lowest BCUT2D eigenvalue weighted by molar-refractivity contribution is -0.117. The Balaban J connectivity index is 1.85. The molecule has 0 N–H and O–H groups in total. The zero-order chi connectivity index (χ0) is 16.2. The minimum absolute atomic E-state index is 0.0530. The molecule has 4 heteroatoms. The molecule has 0 radical (unpaired) electrons. The molecule has 3 rings (SSSR count). The molecule has 1 aromatic heterocycles. The van der Waals surface area contributed by atoms with Crippen LogP contribution in [0.5, 0.6) is 5.75 Å². The molecule has 0 aliphatic heterocycles. The molecule has 23 heavy (non-hydrogen) atoms. The van der Waals surface area contributed by atoms with Crippen LogP contribution in [0, 0.1) is 0 Å². The van der Waals surface area contributed by atoms with Gasteiger partial charge in [0, 0.05) is 29.2 Å². The van der Waals surface area contributed by atoms with E-state index < -0.39 is 0 Å². The molecule has 0 spiro atoms. The Kier molecular flexibility index (Phi) is 4.33. The van der Waals surface area contributed by atoms with Crippen LogP contribution in [0.3, 0.4) is 0 Å². The number of methoxy groups -OCH3 is 1. The van der Waals surface area contributed by atoms with Crippen LogP contribution >= 0.6 is 0 Å². The average Bonchev–Trinajstić information content (AvgIpc) is 2.98. The molecular weight excluding hydrogens is 290 g/mol. The van der Waals surface area contributed by atoms with E-state index in [1.165, 1.54) is 0 Å². The first kappa shape index (κ1) is 15.2. The van der Waals surface area contributed by atoms with Gasteiger partial charge in [0.25, 0.3) is 0 Å². The Morgan fingerprint density at radius 2 is 1.96 bits per heavy atom. The normalized spacial score (nSPS) is 10.7. The number of furan rings is 1. The van der Waals surface area contributed by atoms with E-state index in [2.05, 4.69) is 0 Å². The van der Waals surface area contributed by atoms with Gasteiger partial charge in [0.1, 0.15) is 11.3 Å². The summed E-state index contributed by atoms with van der Waals surface area (Å²) in [5, 5.41) is 0.947. The molecule has 0 fully saturated rings. The van der Waals surface area contributed by atoms with E-state index in [4.69, 9.17) is 9.15 Å². The van der Waals surface area contributed by atoms with Crippen molar-refractivity contribution in [2.45, 2.75) is 13.3 Å². The lowest BCUT2D eigenvalue weighted by Crippen LogP contribution is -2.31. The van der Waals surface area contributed by atoms with Gasteiger partial charge < -0.3 is 14.1 Å². The van der Waals surface area contributed by atoms with Crippen molar-refractivity contribution in [1.29, 1.82) is 0 Å². The number of anilines is 1. The van der Waals surface area contributed by atoms with Gasteiger partial charge in [-0.3, -0.25) is 4.79 Å². The van der Waals surface area contributed by atoms with Crippen molar-refractivity contribution in [1.82, 2.24) is 0 Å². The number of ether oxygens (including phenoxy) is 1. The third kappa shape index (κ3) is 3.06. The van der Waals surface area contributed by atoms with Crippen LogP contribution in [0.15, 0.2) is 59.2 Å². The van der Waals surface area contributed by atoms with Gasteiger partial charge in [-0.15, -0.1) is 0 Å². The van der Waals surface area contributed by atoms with E-state index in [1.54, 1.807) is 18.3 Å². The third-order valence-electron chi connectivity index (χ3n) is 3.89. The molecule has 0 aliphatic rings. The van der Waals surface area contributed by atoms with Crippen molar-refractivity contribution in [3.8, 4) is 5.75 Å². The van der Waals surface area contributed by atoms with Gasteiger partial charge in [0.15, 0.2) is 0 Å². The molecule has 3 aromatic rings. The van der Waals surface area contributed by atoms with Crippen LogP contribution in [-0.2, 0) is 11.2 Å². The number of fused-ring (bicyclic) bond motifs is 1. The van der Waals surface area contributed by atoms with E-state index in [1.807, 2.05) is 55.5 Å². The summed E-state index contributed by atoms with van der Waals surface area (Å²) >= 11 is 0. The van der Waals surface area contributed by atoms with Gasteiger partial charge in [-0.2, -0.15) is 0 Å². The average molecular weight is 309 g/mol. The van der Waals surface area contributed by atoms with Gasteiger partial charge in [-0.05, 0) is 31.2 Å². The zero-order valence-electron chi connectivity index (χ0n) is 13.3. The molecule has 0 saturated carbocycles. The maximum absolute atomic E-state index is 12.7. The van der Waals surface area contributed by atoms with E-state index in [0.29, 0.717) is 13.0 Å². The number of hydrogen-bond donors (Lipinski definition) is 0. The minimum Gasteiger partial charge on any atom is -0.497 e. The highest BCUT2D eigenvalue weighted by atomic mass is 16.5. The van der Waals surface area contributed by atoms with Gasteiger partial charge in [0.2, 0.25) is 5.91 Å². The van der Waals surface area contributed by atoms with Crippen molar-refractivity contribution in [2.75, 3.05) is 18.6 Å². The van der Waals surface area contributed by atoms with Crippen molar-refractivity contribution in [2.24, 2.45) is 0 Å². The molecule has 1 amide bonds. The minimum atomic E-state index is 0.0530. The number of rotatable bonds is 5. The Hall–Kier alpha value is -2.75. The van der Waals surface area contributed by atoms with Crippen molar-refractivity contribution in [3.05, 3.63) is 60.4 Å². The number of amides is 1. The summed E-state index contributed by atoms with van der Waals surface area (Å²) in [5.74, 6) is 0.793. The third-order valence-corrected chi connectivity index (χ3v) is 3.89. The molecule has 1 heterocycles. The lowest BCUT2D eigenvalue weighted by atomic mass is 10.1. The predicted octanol–water partition coefficient (Wildman–Crippen LogP) is 4.04. The molecule has 0 unspecified atom stereocenters. The lowest BCUT2D eigenvalue weighted by Gasteiger charge is -2.20. The molecule has 0 aliphatic carbocycles. The van der Waals surface area contributed by atoms with E-state index >= 15 is 0 Å². The number of benzene rings is 2. The molecule has 118 valence electrons. The topological polar surface area (TPSA) is 42.7 Å². The summed E-state index contributed by atoms with van der Waals surface area (Å²) in [6.45, 7) is 2.61. The van der Waals surface area contributed by atoms with E-state index in [9.17, 15) is 4.79 Å². The second-order valence-corrected chi connectivity index (χ2v) is 5.27. The number of hydrogen-bond acceptors (Lipinski definition) is 3. The summed E-state index contributed by atoms with van der Waals surface area (Å²) in [4.78, 5) is 14.4. The van der Waals surface area contributed by atoms with Crippen LogP contribution in [0.25, 0.3) is 11.0 Å². The Labute approximate surface area is 135 Å². The number of nitrogens with zero attached hydrogens (tertiary/aromatic N) is 1. The fourth-order valence-corrected chi connectivity index (χ4v) is 2.70. The highest BCUT2D eigenvalue weighted by Crippen LogP contribution is 2.26. The van der Waals surface area contributed by atoms with Crippen molar-refractivity contribution in [3.63, 3.8) is 0 Å². The largest absolute Gasteiger partial charge is 0.497 e. The smallest absolute Gasteiger partial charge is 0.231 e. The predicted molar refractivity (Wildman–Crippen MR) is 90.9 cm³/mol. The Bertz CT molecular complexity index is 808. The van der Waals surface area contributed by atoms with Crippen LogP contribution in [0.1, 0.15) is 12.5 Å². The first-order valence-corrected chi connectivity index (χ1v) is 7.62. The second-order valence-electron chi connectivity index (χ2n) is 5.27. The number of carbonyl (C=O) groups excluding carboxylic acids is 1. The van der Waals surface area contributed by atoms with Crippen molar-refractivity contribution >= 4 is 22.6 Å². The summed E-state index contributed by atoms with van der Waals surface area (Å²) in [7, 11) is 1.62. The van der Waals surface area contributed by atoms with Gasteiger partial charge >= 0.3 is 0 Å². The zero-order valence-corrected chi connectivity index (χ0v) is 13.3. The summed E-state index contributed by atoms with van der Waals surface area (Å²) in [5.41, 5.74) is 2.53. The first-order chi connectivity index (χ1) is 11.2. The van der Waals surface area contributed by atoms with Crippen LogP contribution < -0.4 is 9.64 Å². The quantitative estimate of drug-likeness (QED) is 0.714. The second kappa shape index (κ2) is 6.57. The van der Waals surface area contributed by atoms with Gasteiger partial charge in [-0.1, -0.05) is 18.2 Å². The summed E-state index contributed by atoms with van der Waals surface area (Å²) in [6, 6.07) is 15.3. The summed E-state index contributed by atoms with van der Waals surface area (Å²) in [6.07, 6.45) is 1.96. The molecule has 0 atom stereocenters.